The molecule has 0 saturated heterocycles. The predicted molar refractivity (Wildman–Crippen MR) is 71.2 cm³/mol. The first-order valence-corrected chi connectivity index (χ1v) is 7.20. The quantitative estimate of drug-likeness (QED) is 0.452. The van der Waals surface area contributed by atoms with E-state index in [0.717, 1.165) is 5.92 Å². The van der Waals surface area contributed by atoms with Crippen LogP contribution in [0.25, 0.3) is 0 Å². The third kappa shape index (κ3) is 4.17. The lowest BCUT2D eigenvalue weighted by atomic mass is 9.65. The Morgan fingerprint density at radius 3 is 1.60 bits per heavy atom. The first-order chi connectivity index (χ1) is 7.20. The van der Waals surface area contributed by atoms with Crippen LogP contribution in [0.1, 0.15) is 86.0 Å². The molecule has 0 heterocycles. The summed E-state index contributed by atoms with van der Waals surface area (Å²) in [5.74, 6) is 0.965. The molecular weight excluding hydrogens is 180 g/mol. The maximum Gasteiger partial charge on any atom is -0.0272 e. The second kappa shape index (κ2) is 8.19. The number of hydrogen-bond donors (Lipinski definition) is 0. The predicted octanol–water partition coefficient (Wildman–Crippen LogP) is 5.81. The normalized spacial score (nSPS) is 14.2. The van der Waals surface area contributed by atoms with E-state index in [1.54, 1.807) is 0 Å². The highest BCUT2D eigenvalue weighted by Gasteiger charge is 2.33. The Labute approximate surface area is 97.8 Å². The van der Waals surface area contributed by atoms with E-state index >= 15 is 0 Å². The van der Waals surface area contributed by atoms with Gasteiger partial charge in [-0.15, -0.1) is 0 Å². The van der Waals surface area contributed by atoms with Crippen molar-refractivity contribution in [2.24, 2.45) is 11.3 Å². The van der Waals surface area contributed by atoms with E-state index in [9.17, 15) is 0 Å². The third-order valence-corrected chi connectivity index (χ3v) is 4.20. The molecule has 1 unspecified atom stereocenters. The van der Waals surface area contributed by atoms with Gasteiger partial charge in [0.1, 0.15) is 0 Å². The van der Waals surface area contributed by atoms with Crippen molar-refractivity contribution in [3.05, 3.63) is 0 Å². The van der Waals surface area contributed by atoms with E-state index in [1.807, 2.05) is 0 Å². The number of hydrogen-bond acceptors (Lipinski definition) is 0. The van der Waals surface area contributed by atoms with E-state index in [0.29, 0.717) is 5.41 Å². The van der Waals surface area contributed by atoms with Crippen LogP contribution in [0.15, 0.2) is 0 Å². The second-order valence-electron chi connectivity index (χ2n) is 5.11. The summed E-state index contributed by atoms with van der Waals surface area (Å²) in [7, 11) is 0. The van der Waals surface area contributed by atoms with Crippen molar-refractivity contribution in [1.82, 2.24) is 0 Å². The van der Waals surface area contributed by atoms with Gasteiger partial charge in [-0.1, -0.05) is 73.1 Å². The van der Waals surface area contributed by atoms with Crippen molar-refractivity contribution in [2.45, 2.75) is 86.0 Å². The maximum absolute atomic E-state index is 2.41. The molecule has 0 N–H and O–H groups in total. The molecule has 0 aliphatic carbocycles. The minimum atomic E-state index is 0.661. The summed E-state index contributed by atoms with van der Waals surface area (Å²) in [5.41, 5.74) is 0.661. The molecule has 0 radical (unpaired) electrons. The monoisotopic (exact) mass is 212 g/mol. The van der Waals surface area contributed by atoms with Gasteiger partial charge in [0.15, 0.2) is 0 Å². The van der Waals surface area contributed by atoms with Gasteiger partial charge < -0.3 is 0 Å². The average molecular weight is 212 g/mol. The zero-order chi connectivity index (χ0) is 11.7. The summed E-state index contributed by atoms with van der Waals surface area (Å²) in [6.07, 6.45) is 11.1. The summed E-state index contributed by atoms with van der Waals surface area (Å²) in [5, 5.41) is 0. The Morgan fingerprint density at radius 1 is 0.800 bits per heavy atom. The average Bonchev–Trinajstić information content (AvgIpc) is 2.25. The van der Waals surface area contributed by atoms with Gasteiger partial charge in [0, 0.05) is 0 Å². The Morgan fingerprint density at radius 2 is 1.33 bits per heavy atom. The van der Waals surface area contributed by atoms with E-state index in [1.165, 1.54) is 51.4 Å². The molecule has 0 heteroatoms. The smallest absolute Gasteiger partial charge is 0.0272 e. The van der Waals surface area contributed by atoms with Crippen LogP contribution in [-0.2, 0) is 0 Å². The minimum absolute atomic E-state index is 0.661. The standard InChI is InChI=1S/C15H32/c1-6-11-14(9-4)15(10-5,12-7-2)13-8-3/h14H,6-13H2,1-5H3. The third-order valence-electron chi connectivity index (χ3n) is 4.20. The fourth-order valence-corrected chi connectivity index (χ4v) is 3.46. The molecule has 1 atom stereocenters. The molecule has 0 aliphatic rings. The van der Waals surface area contributed by atoms with Gasteiger partial charge in [0.05, 0.1) is 0 Å². The Hall–Kier alpha value is 0. The summed E-state index contributed by atoms with van der Waals surface area (Å²) >= 11 is 0. The van der Waals surface area contributed by atoms with Crippen LogP contribution in [0.4, 0.5) is 0 Å². The van der Waals surface area contributed by atoms with Gasteiger partial charge in [-0.3, -0.25) is 0 Å². The zero-order valence-electron chi connectivity index (χ0n) is 11.7. The SMILES string of the molecule is CCCC(CC)C(CC)(CCC)CCC. The van der Waals surface area contributed by atoms with Crippen molar-refractivity contribution in [1.29, 1.82) is 0 Å². The van der Waals surface area contributed by atoms with Crippen LogP contribution in [0.5, 0.6) is 0 Å². The van der Waals surface area contributed by atoms with E-state index < -0.39 is 0 Å². The molecule has 0 spiro atoms. The first-order valence-electron chi connectivity index (χ1n) is 7.20. The van der Waals surface area contributed by atoms with Crippen LogP contribution >= 0.6 is 0 Å². The molecule has 0 rings (SSSR count). The molecule has 0 nitrogen and oxygen atoms in total. The van der Waals surface area contributed by atoms with Crippen LogP contribution in [0.2, 0.25) is 0 Å². The summed E-state index contributed by atoms with van der Waals surface area (Å²) < 4.78 is 0. The van der Waals surface area contributed by atoms with Crippen molar-refractivity contribution in [3.63, 3.8) is 0 Å². The maximum atomic E-state index is 2.41. The molecule has 15 heavy (non-hydrogen) atoms. The van der Waals surface area contributed by atoms with Crippen LogP contribution in [0.3, 0.4) is 0 Å². The van der Waals surface area contributed by atoms with Crippen molar-refractivity contribution in [3.8, 4) is 0 Å². The van der Waals surface area contributed by atoms with E-state index in [2.05, 4.69) is 34.6 Å². The lowest BCUT2D eigenvalue weighted by Gasteiger charge is -2.40. The topological polar surface area (TPSA) is 0 Å². The number of rotatable bonds is 9. The van der Waals surface area contributed by atoms with Gasteiger partial charge in [0.2, 0.25) is 0 Å². The summed E-state index contributed by atoms with van der Waals surface area (Å²) in [6, 6.07) is 0. The zero-order valence-corrected chi connectivity index (χ0v) is 11.7. The van der Waals surface area contributed by atoms with Crippen LogP contribution in [0, 0.1) is 11.3 Å². The Balaban J connectivity index is 4.65. The molecule has 0 aromatic heterocycles. The second-order valence-corrected chi connectivity index (χ2v) is 5.11. The van der Waals surface area contributed by atoms with Gasteiger partial charge in [-0.2, -0.15) is 0 Å². The molecule has 92 valence electrons. The highest BCUT2D eigenvalue weighted by atomic mass is 14.4. The first kappa shape index (κ1) is 15.0. The Kier molecular flexibility index (Phi) is 8.19. The van der Waals surface area contributed by atoms with Gasteiger partial charge >= 0.3 is 0 Å². The van der Waals surface area contributed by atoms with Gasteiger partial charge in [-0.05, 0) is 24.2 Å². The highest BCUT2D eigenvalue weighted by molar-refractivity contribution is 4.84. The van der Waals surface area contributed by atoms with E-state index in [-0.39, 0.29) is 0 Å². The molecule has 0 aromatic rings. The molecule has 0 aliphatic heterocycles. The van der Waals surface area contributed by atoms with Crippen LogP contribution < -0.4 is 0 Å². The fraction of sp³-hybridized carbons (Fsp3) is 1.00. The van der Waals surface area contributed by atoms with Crippen molar-refractivity contribution >= 4 is 0 Å². The van der Waals surface area contributed by atoms with Crippen molar-refractivity contribution in [2.75, 3.05) is 0 Å². The van der Waals surface area contributed by atoms with Crippen LogP contribution in [-0.4, -0.2) is 0 Å². The minimum Gasteiger partial charge on any atom is -0.0654 e. The van der Waals surface area contributed by atoms with Crippen molar-refractivity contribution < 1.29 is 0 Å². The lowest BCUT2D eigenvalue weighted by Crippen LogP contribution is -2.29. The molecule has 0 saturated carbocycles. The molecular formula is C15H32. The fourth-order valence-electron chi connectivity index (χ4n) is 3.46. The van der Waals surface area contributed by atoms with E-state index in [4.69, 9.17) is 0 Å². The van der Waals surface area contributed by atoms with Gasteiger partial charge in [-0.25, -0.2) is 0 Å². The highest BCUT2D eigenvalue weighted by Crippen LogP contribution is 2.44. The summed E-state index contributed by atoms with van der Waals surface area (Å²) in [4.78, 5) is 0. The van der Waals surface area contributed by atoms with Gasteiger partial charge in [0.25, 0.3) is 0 Å². The lowest BCUT2D eigenvalue weighted by molar-refractivity contribution is 0.105. The summed E-state index contributed by atoms with van der Waals surface area (Å²) in [6.45, 7) is 11.8. The Bertz CT molecular complexity index is 131. The molecule has 0 amide bonds. The molecule has 0 fully saturated rings. The molecule has 0 bridgehead atoms. The largest absolute Gasteiger partial charge is 0.0654 e. The molecule has 0 aromatic carbocycles.